The minimum atomic E-state index is -0.482. The summed E-state index contributed by atoms with van der Waals surface area (Å²) in [5, 5.41) is 0. The van der Waals surface area contributed by atoms with E-state index in [2.05, 4.69) is 14.9 Å². The summed E-state index contributed by atoms with van der Waals surface area (Å²) >= 11 is 0. The van der Waals surface area contributed by atoms with E-state index < -0.39 is 6.09 Å². The van der Waals surface area contributed by atoms with Gasteiger partial charge in [-0.1, -0.05) is 0 Å². The van der Waals surface area contributed by atoms with Gasteiger partial charge in [-0.25, -0.2) is 9.78 Å². The van der Waals surface area contributed by atoms with Crippen LogP contribution in [-0.2, 0) is 9.53 Å². The second kappa shape index (κ2) is 10.7. The summed E-state index contributed by atoms with van der Waals surface area (Å²) in [6.45, 7) is 7.11. The highest BCUT2D eigenvalue weighted by Crippen LogP contribution is 2.06. The number of nitrogens with zero attached hydrogens (tertiary/aromatic N) is 5. The van der Waals surface area contributed by atoms with Crippen LogP contribution in [0.5, 0.6) is 5.88 Å². The summed E-state index contributed by atoms with van der Waals surface area (Å²) in [5.74, 6) is 0.121. The molecule has 0 spiro atoms. The van der Waals surface area contributed by atoms with Gasteiger partial charge in [0.15, 0.2) is 0 Å². The minimum absolute atomic E-state index is 0.0411. The van der Waals surface area contributed by atoms with Gasteiger partial charge in [-0.05, 0) is 6.42 Å². The van der Waals surface area contributed by atoms with Gasteiger partial charge >= 0.3 is 6.09 Å². The van der Waals surface area contributed by atoms with Crippen molar-refractivity contribution >= 4 is 12.0 Å². The third-order valence-corrected chi connectivity index (χ3v) is 4.24. The number of aromatic nitrogens is 2. The molecule has 9 heteroatoms. The summed E-state index contributed by atoms with van der Waals surface area (Å²) in [5.41, 5.74) is 0. The van der Waals surface area contributed by atoms with Crippen LogP contribution in [0.3, 0.4) is 0 Å². The van der Waals surface area contributed by atoms with Crippen LogP contribution in [-0.4, -0.2) is 96.2 Å². The molecule has 2 heterocycles. The lowest BCUT2D eigenvalue weighted by Gasteiger charge is -2.28. The van der Waals surface area contributed by atoms with Crippen molar-refractivity contribution in [1.29, 1.82) is 0 Å². The van der Waals surface area contributed by atoms with Gasteiger partial charge in [0.2, 0.25) is 11.8 Å². The van der Waals surface area contributed by atoms with Crippen molar-refractivity contribution in [3.63, 3.8) is 0 Å². The molecule has 1 aromatic rings. The molecule has 26 heavy (non-hydrogen) atoms. The Balaban J connectivity index is 1.86. The lowest BCUT2D eigenvalue weighted by Crippen LogP contribution is -2.42. The largest absolute Gasteiger partial charge is 0.416 e. The number of ether oxygens (including phenoxy) is 2. The van der Waals surface area contributed by atoms with Crippen LogP contribution in [0.1, 0.15) is 13.3 Å². The highest BCUT2D eigenvalue weighted by molar-refractivity contribution is 5.73. The zero-order valence-corrected chi connectivity index (χ0v) is 15.5. The van der Waals surface area contributed by atoms with E-state index >= 15 is 0 Å². The number of likely N-dealkylation sites (N-methyl/N-ethyl adjacent to an activating group) is 1. The molecule has 1 aliphatic rings. The first-order chi connectivity index (χ1) is 12.6. The predicted molar refractivity (Wildman–Crippen MR) is 94.8 cm³/mol. The monoisotopic (exact) mass is 365 g/mol. The standard InChI is InChI=1S/C17H27N5O4/c1-15(23)20(2)8-9-22(7-3-6-21-10-12-25-13-11-21)17(24)26-16-14-18-4-5-19-16/h4-5,14H,3,6-13H2,1-2H3. The van der Waals surface area contributed by atoms with E-state index in [1.54, 1.807) is 16.8 Å². The molecule has 1 saturated heterocycles. The fraction of sp³-hybridized carbons (Fsp3) is 0.647. The Hall–Kier alpha value is -2.26. The van der Waals surface area contributed by atoms with E-state index in [9.17, 15) is 9.59 Å². The van der Waals surface area contributed by atoms with Gasteiger partial charge in [0, 0.05) is 65.6 Å². The highest BCUT2D eigenvalue weighted by Gasteiger charge is 2.18. The van der Waals surface area contributed by atoms with Gasteiger partial charge in [-0.15, -0.1) is 0 Å². The normalized spacial score (nSPS) is 14.7. The number of amides is 2. The van der Waals surface area contributed by atoms with Gasteiger partial charge in [-0.3, -0.25) is 14.7 Å². The lowest BCUT2D eigenvalue weighted by atomic mass is 10.3. The predicted octanol–water partition coefficient (Wildman–Crippen LogP) is 0.478. The van der Waals surface area contributed by atoms with E-state index in [1.165, 1.54) is 25.5 Å². The second-order valence-electron chi connectivity index (χ2n) is 6.15. The van der Waals surface area contributed by atoms with Crippen LogP contribution in [0.4, 0.5) is 4.79 Å². The van der Waals surface area contributed by atoms with Gasteiger partial charge in [0.1, 0.15) is 0 Å². The van der Waals surface area contributed by atoms with Crippen molar-refractivity contribution in [2.45, 2.75) is 13.3 Å². The number of carbonyl (C=O) groups excluding carboxylic acids is 2. The maximum atomic E-state index is 12.5. The third-order valence-electron chi connectivity index (χ3n) is 4.24. The van der Waals surface area contributed by atoms with Crippen LogP contribution in [0.2, 0.25) is 0 Å². The first-order valence-corrected chi connectivity index (χ1v) is 8.81. The first kappa shape index (κ1) is 20.1. The smallest absolute Gasteiger partial charge is 0.389 e. The molecular formula is C17H27N5O4. The molecule has 144 valence electrons. The van der Waals surface area contributed by atoms with Crippen molar-refractivity contribution in [3.05, 3.63) is 18.6 Å². The van der Waals surface area contributed by atoms with Crippen molar-refractivity contribution < 1.29 is 19.1 Å². The van der Waals surface area contributed by atoms with E-state index in [-0.39, 0.29) is 11.8 Å². The fourth-order valence-electron chi connectivity index (χ4n) is 2.52. The van der Waals surface area contributed by atoms with Gasteiger partial charge in [0.05, 0.1) is 19.4 Å². The average molecular weight is 365 g/mol. The second-order valence-corrected chi connectivity index (χ2v) is 6.15. The summed E-state index contributed by atoms with van der Waals surface area (Å²) < 4.78 is 10.6. The quantitative estimate of drug-likeness (QED) is 0.662. The topological polar surface area (TPSA) is 88.1 Å². The molecule has 0 radical (unpaired) electrons. The minimum Gasteiger partial charge on any atom is -0.389 e. The molecule has 1 aliphatic heterocycles. The molecule has 9 nitrogen and oxygen atoms in total. The Morgan fingerprint density at radius 3 is 2.65 bits per heavy atom. The van der Waals surface area contributed by atoms with Crippen LogP contribution < -0.4 is 4.74 Å². The Morgan fingerprint density at radius 1 is 1.23 bits per heavy atom. The maximum Gasteiger partial charge on any atom is 0.416 e. The van der Waals surface area contributed by atoms with Gasteiger partial charge in [-0.2, -0.15) is 0 Å². The molecular weight excluding hydrogens is 338 g/mol. The van der Waals surface area contributed by atoms with Gasteiger partial charge in [0.25, 0.3) is 0 Å². The molecule has 0 N–H and O–H groups in total. The Labute approximate surface area is 153 Å². The van der Waals surface area contributed by atoms with Crippen LogP contribution in [0.15, 0.2) is 18.6 Å². The Morgan fingerprint density at radius 2 is 2.00 bits per heavy atom. The van der Waals surface area contributed by atoms with E-state index in [4.69, 9.17) is 9.47 Å². The zero-order valence-electron chi connectivity index (χ0n) is 15.5. The summed E-state index contributed by atoms with van der Waals surface area (Å²) in [7, 11) is 1.71. The van der Waals surface area contributed by atoms with Crippen LogP contribution >= 0.6 is 0 Å². The lowest BCUT2D eigenvalue weighted by molar-refractivity contribution is -0.127. The molecule has 1 aromatic heterocycles. The summed E-state index contributed by atoms with van der Waals surface area (Å²) in [6, 6.07) is 0. The van der Waals surface area contributed by atoms with Gasteiger partial charge < -0.3 is 19.3 Å². The molecule has 2 amide bonds. The fourth-order valence-corrected chi connectivity index (χ4v) is 2.52. The first-order valence-electron chi connectivity index (χ1n) is 8.81. The SMILES string of the molecule is CC(=O)N(C)CCN(CCCN1CCOCC1)C(=O)Oc1cnccn1. The van der Waals surface area contributed by atoms with Crippen LogP contribution in [0.25, 0.3) is 0 Å². The molecule has 0 aromatic carbocycles. The molecule has 0 atom stereocenters. The molecule has 0 unspecified atom stereocenters. The van der Waals surface area contributed by atoms with Crippen LogP contribution in [0, 0.1) is 0 Å². The molecule has 0 aliphatic carbocycles. The van der Waals surface area contributed by atoms with Crippen molar-refractivity contribution in [2.75, 3.05) is 59.5 Å². The zero-order chi connectivity index (χ0) is 18.8. The molecule has 0 saturated carbocycles. The molecule has 0 bridgehead atoms. The molecule has 2 rings (SSSR count). The third kappa shape index (κ3) is 6.93. The number of carbonyl (C=O) groups is 2. The van der Waals surface area contributed by atoms with E-state index in [0.29, 0.717) is 19.6 Å². The summed E-state index contributed by atoms with van der Waals surface area (Å²) in [6.07, 6.45) is 4.71. The number of hydrogen-bond acceptors (Lipinski definition) is 7. The Kier molecular flexibility index (Phi) is 8.23. The number of morpholine rings is 1. The van der Waals surface area contributed by atoms with E-state index in [0.717, 1.165) is 39.3 Å². The average Bonchev–Trinajstić information content (AvgIpc) is 2.65. The van der Waals surface area contributed by atoms with Crippen molar-refractivity contribution in [2.24, 2.45) is 0 Å². The highest BCUT2D eigenvalue weighted by atomic mass is 16.6. The Bertz CT molecular complexity index is 566. The molecule has 1 fully saturated rings. The van der Waals surface area contributed by atoms with Crippen molar-refractivity contribution in [3.8, 4) is 5.88 Å². The number of hydrogen-bond donors (Lipinski definition) is 0. The summed E-state index contributed by atoms with van der Waals surface area (Å²) in [4.78, 5) is 37.2. The number of rotatable bonds is 8. The maximum absolute atomic E-state index is 12.5. The van der Waals surface area contributed by atoms with E-state index in [1.807, 2.05) is 0 Å². The van der Waals surface area contributed by atoms with Crippen molar-refractivity contribution in [1.82, 2.24) is 24.7 Å².